The highest BCUT2D eigenvalue weighted by molar-refractivity contribution is 5.48. The van der Waals surface area contributed by atoms with Gasteiger partial charge in [0.05, 0.1) is 0 Å². The van der Waals surface area contributed by atoms with E-state index in [9.17, 15) is 0 Å². The maximum Gasteiger partial charge on any atom is 0.138 e. The first kappa shape index (κ1) is 14.1. The minimum Gasteiger partial charge on any atom is -0.373 e. The number of nitrogens with zero attached hydrogens (tertiary/aromatic N) is 2. The van der Waals surface area contributed by atoms with Crippen LogP contribution in [0.3, 0.4) is 0 Å². The van der Waals surface area contributed by atoms with Gasteiger partial charge in [0.15, 0.2) is 0 Å². The summed E-state index contributed by atoms with van der Waals surface area (Å²) in [5.74, 6) is 2.69. The fourth-order valence-corrected chi connectivity index (χ4v) is 2.11. The zero-order chi connectivity index (χ0) is 14.1. The highest BCUT2D eigenvalue weighted by Gasteiger charge is 2.40. The van der Waals surface area contributed by atoms with Gasteiger partial charge in [0, 0.05) is 25.1 Å². The lowest BCUT2D eigenvalue weighted by molar-refractivity contribution is 0.518. The van der Waals surface area contributed by atoms with Gasteiger partial charge in [0.2, 0.25) is 0 Å². The van der Waals surface area contributed by atoms with Crippen molar-refractivity contribution in [2.45, 2.75) is 52.4 Å². The SMILES string of the molecule is CCC1(CNc2cc(NC)nc(C(C)(C)C)n2)CC1. The predicted octanol–water partition coefficient (Wildman–Crippen LogP) is 3.42. The van der Waals surface area contributed by atoms with Gasteiger partial charge < -0.3 is 10.6 Å². The number of nitrogens with one attached hydrogen (secondary N) is 2. The van der Waals surface area contributed by atoms with Gasteiger partial charge in [0.25, 0.3) is 0 Å². The molecule has 2 N–H and O–H groups in total. The molecule has 0 radical (unpaired) electrons. The molecule has 0 saturated heterocycles. The summed E-state index contributed by atoms with van der Waals surface area (Å²) in [4.78, 5) is 9.20. The van der Waals surface area contributed by atoms with Crippen LogP contribution >= 0.6 is 0 Å². The van der Waals surface area contributed by atoms with E-state index in [0.717, 1.165) is 24.0 Å². The summed E-state index contributed by atoms with van der Waals surface area (Å²) in [6, 6.07) is 1.99. The molecule has 0 bridgehead atoms. The Bertz CT molecular complexity index is 444. The summed E-state index contributed by atoms with van der Waals surface area (Å²) in [7, 11) is 1.90. The van der Waals surface area contributed by atoms with E-state index >= 15 is 0 Å². The Morgan fingerprint density at radius 1 is 1.21 bits per heavy atom. The Labute approximate surface area is 116 Å². The standard InChI is InChI=1S/C15H26N4/c1-6-15(7-8-15)10-17-12-9-11(16-5)18-13(19-12)14(2,3)4/h9H,6-8,10H2,1-5H3,(H2,16,17,18,19). The topological polar surface area (TPSA) is 49.8 Å². The second-order valence-corrected chi connectivity index (χ2v) is 6.67. The molecule has 4 nitrogen and oxygen atoms in total. The van der Waals surface area contributed by atoms with Crippen LogP contribution in [-0.2, 0) is 5.41 Å². The average Bonchev–Trinajstić information content (AvgIpc) is 3.15. The van der Waals surface area contributed by atoms with E-state index in [4.69, 9.17) is 0 Å². The van der Waals surface area contributed by atoms with Crippen molar-refractivity contribution < 1.29 is 0 Å². The van der Waals surface area contributed by atoms with Crippen molar-refractivity contribution in [3.8, 4) is 0 Å². The van der Waals surface area contributed by atoms with Crippen LogP contribution in [0.25, 0.3) is 0 Å². The van der Waals surface area contributed by atoms with Gasteiger partial charge in [-0.3, -0.25) is 0 Å². The molecule has 4 heteroatoms. The molecule has 1 fully saturated rings. The Balaban J connectivity index is 2.15. The van der Waals surface area contributed by atoms with Gasteiger partial charge in [-0.15, -0.1) is 0 Å². The summed E-state index contributed by atoms with van der Waals surface area (Å²) < 4.78 is 0. The monoisotopic (exact) mass is 262 g/mol. The van der Waals surface area contributed by atoms with Crippen LogP contribution in [0.1, 0.15) is 52.8 Å². The van der Waals surface area contributed by atoms with E-state index in [1.165, 1.54) is 19.3 Å². The minimum atomic E-state index is -0.0364. The molecule has 1 aliphatic rings. The maximum absolute atomic E-state index is 4.66. The molecule has 2 rings (SSSR count). The van der Waals surface area contributed by atoms with E-state index in [1.54, 1.807) is 0 Å². The molecule has 0 atom stereocenters. The molecule has 0 unspecified atom stereocenters. The van der Waals surface area contributed by atoms with Crippen LogP contribution in [0.2, 0.25) is 0 Å². The molecular weight excluding hydrogens is 236 g/mol. The summed E-state index contributed by atoms with van der Waals surface area (Å²) >= 11 is 0. The third-order valence-electron chi connectivity index (χ3n) is 4.00. The third-order valence-corrected chi connectivity index (χ3v) is 4.00. The fraction of sp³-hybridized carbons (Fsp3) is 0.733. The lowest BCUT2D eigenvalue weighted by Gasteiger charge is -2.20. The normalized spacial score (nSPS) is 17.1. The molecule has 106 valence electrons. The summed E-state index contributed by atoms with van der Waals surface area (Å²) in [6.45, 7) is 9.71. The number of rotatable bonds is 5. The first-order chi connectivity index (χ1) is 8.88. The van der Waals surface area contributed by atoms with Crippen molar-refractivity contribution in [2.24, 2.45) is 5.41 Å². The zero-order valence-corrected chi connectivity index (χ0v) is 12.8. The molecule has 1 saturated carbocycles. The van der Waals surface area contributed by atoms with Gasteiger partial charge in [-0.1, -0.05) is 27.7 Å². The average molecular weight is 262 g/mol. The quantitative estimate of drug-likeness (QED) is 0.853. The summed E-state index contributed by atoms with van der Waals surface area (Å²) in [6.07, 6.45) is 3.93. The van der Waals surface area contributed by atoms with E-state index in [0.29, 0.717) is 5.41 Å². The molecule has 0 amide bonds. The van der Waals surface area contributed by atoms with Crippen molar-refractivity contribution in [1.82, 2.24) is 9.97 Å². The molecule has 0 spiro atoms. The zero-order valence-electron chi connectivity index (χ0n) is 12.8. The Hall–Kier alpha value is -1.32. The minimum absolute atomic E-state index is 0.0364. The van der Waals surface area contributed by atoms with Gasteiger partial charge >= 0.3 is 0 Å². The van der Waals surface area contributed by atoms with Crippen molar-refractivity contribution in [3.63, 3.8) is 0 Å². The lowest BCUT2D eigenvalue weighted by Crippen LogP contribution is -2.20. The van der Waals surface area contributed by atoms with Gasteiger partial charge in [-0.2, -0.15) is 0 Å². The molecule has 1 aromatic heterocycles. The first-order valence-corrected chi connectivity index (χ1v) is 7.20. The largest absolute Gasteiger partial charge is 0.373 e. The second-order valence-electron chi connectivity index (χ2n) is 6.67. The molecule has 1 heterocycles. The highest BCUT2D eigenvalue weighted by atomic mass is 15.1. The molecule has 1 aromatic rings. The van der Waals surface area contributed by atoms with Crippen LogP contribution in [0.15, 0.2) is 6.07 Å². The van der Waals surface area contributed by atoms with E-state index in [2.05, 4.69) is 48.3 Å². The Morgan fingerprint density at radius 2 is 1.84 bits per heavy atom. The smallest absolute Gasteiger partial charge is 0.138 e. The third kappa shape index (κ3) is 3.37. The molecular formula is C15H26N4. The van der Waals surface area contributed by atoms with Gasteiger partial charge in [0.1, 0.15) is 17.5 Å². The Morgan fingerprint density at radius 3 is 2.32 bits per heavy atom. The van der Waals surface area contributed by atoms with Crippen LogP contribution in [0.4, 0.5) is 11.6 Å². The van der Waals surface area contributed by atoms with Crippen molar-refractivity contribution in [3.05, 3.63) is 11.9 Å². The van der Waals surface area contributed by atoms with Crippen LogP contribution in [0.5, 0.6) is 0 Å². The van der Waals surface area contributed by atoms with E-state index in [-0.39, 0.29) is 5.41 Å². The second kappa shape index (κ2) is 4.99. The van der Waals surface area contributed by atoms with Gasteiger partial charge in [-0.25, -0.2) is 9.97 Å². The van der Waals surface area contributed by atoms with E-state index < -0.39 is 0 Å². The molecule has 0 aliphatic heterocycles. The van der Waals surface area contributed by atoms with Crippen LogP contribution in [0, 0.1) is 5.41 Å². The number of aromatic nitrogens is 2. The lowest BCUT2D eigenvalue weighted by atomic mass is 9.96. The molecule has 1 aliphatic carbocycles. The molecule has 0 aromatic carbocycles. The van der Waals surface area contributed by atoms with Gasteiger partial charge in [-0.05, 0) is 24.7 Å². The maximum atomic E-state index is 4.66. The number of hydrogen-bond donors (Lipinski definition) is 2. The summed E-state index contributed by atoms with van der Waals surface area (Å²) in [5.41, 5.74) is 0.484. The first-order valence-electron chi connectivity index (χ1n) is 7.20. The number of anilines is 2. The van der Waals surface area contributed by atoms with Crippen molar-refractivity contribution in [2.75, 3.05) is 24.2 Å². The van der Waals surface area contributed by atoms with Crippen LogP contribution < -0.4 is 10.6 Å². The van der Waals surface area contributed by atoms with Crippen molar-refractivity contribution >= 4 is 11.6 Å². The summed E-state index contributed by atoms with van der Waals surface area (Å²) in [5, 5.41) is 6.61. The molecule has 19 heavy (non-hydrogen) atoms. The predicted molar refractivity (Wildman–Crippen MR) is 80.7 cm³/mol. The Kier molecular flexibility index (Phi) is 3.70. The van der Waals surface area contributed by atoms with Crippen molar-refractivity contribution in [1.29, 1.82) is 0 Å². The number of hydrogen-bond acceptors (Lipinski definition) is 4. The fourth-order valence-electron chi connectivity index (χ4n) is 2.11. The van der Waals surface area contributed by atoms with Crippen LogP contribution in [-0.4, -0.2) is 23.6 Å². The highest BCUT2D eigenvalue weighted by Crippen LogP contribution is 2.48. The van der Waals surface area contributed by atoms with E-state index in [1.807, 2.05) is 13.1 Å².